The fraction of sp³-hybridized carbons (Fsp3) is 0.500. The molecule has 1 aromatic carbocycles. The lowest BCUT2D eigenvalue weighted by molar-refractivity contribution is -0.153. The Morgan fingerprint density at radius 1 is 1.36 bits per heavy atom. The van der Waals surface area contributed by atoms with Crippen molar-refractivity contribution in [2.75, 3.05) is 18.1 Å². The van der Waals surface area contributed by atoms with Crippen LogP contribution in [0.25, 0.3) is 0 Å². The van der Waals surface area contributed by atoms with Crippen LogP contribution in [0.5, 0.6) is 0 Å². The van der Waals surface area contributed by atoms with Crippen LogP contribution in [-0.2, 0) is 19.1 Å². The lowest BCUT2D eigenvalue weighted by Gasteiger charge is -2.23. The molecule has 4 atom stereocenters. The highest BCUT2D eigenvalue weighted by Crippen LogP contribution is 2.52. The maximum Gasteiger partial charge on any atom is 0.312 e. The molecule has 132 valence electrons. The number of amides is 1. The molecule has 0 aliphatic carbocycles. The summed E-state index contributed by atoms with van der Waals surface area (Å²) < 4.78 is 11.5. The number of rotatable bonds is 4. The number of carbonyl (C=O) groups excluding carboxylic acids is 2. The number of fused-ring (bicyclic) bond motifs is 1. The highest BCUT2D eigenvalue weighted by atomic mass is 16.6. The normalized spacial score (nSPS) is 32.6. The molecule has 5 heteroatoms. The molecule has 4 rings (SSSR count). The summed E-state index contributed by atoms with van der Waals surface area (Å²) in [6.45, 7) is 6.80. The van der Waals surface area contributed by atoms with Crippen LogP contribution in [0.2, 0.25) is 0 Å². The van der Waals surface area contributed by atoms with E-state index in [0.717, 1.165) is 11.3 Å². The summed E-state index contributed by atoms with van der Waals surface area (Å²) in [7, 11) is 0. The maximum absolute atomic E-state index is 13.1. The van der Waals surface area contributed by atoms with Crippen LogP contribution < -0.4 is 4.90 Å². The SMILES string of the molecule is Cc1ccc(N2C[C@@]34C=C[C@@H](O3)C(C(=O)OCC(C)C)C4C2=O)cc1. The Morgan fingerprint density at radius 2 is 2.08 bits per heavy atom. The van der Waals surface area contributed by atoms with Gasteiger partial charge in [-0.05, 0) is 25.0 Å². The van der Waals surface area contributed by atoms with Crippen molar-refractivity contribution in [2.45, 2.75) is 32.5 Å². The van der Waals surface area contributed by atoms with Crippen LogP contribution in [0.3, 0.4) is 0 Å². The molecule has 0 saturated carbocycles. The predicted molar refractivity (Wildman–Crippen MR) is 93.1 cm³/mol. The molecule has 2 bridgehead atoms. The van der Waals surface area contributed by atoms with E-state index >= 15 is 0 Å². The Hall–Kier alpha value is -2.14. The first-order valence-electron chi connectivity index (χ1n) is 8.83. The molecule has 0 radical (unpaired) electrons. The summed E-state index contributed by atoms with van der Waals surface area (Å²) in [5.74, 6) is -1.16. The number of hydrogen-bond donors (Lipinski definition) is 0. The Kier molecular flexibility index (Phi) is 3.72. The number of benzene rings is 1. The summed E-state index contributed by atoms with van der Waals surface area (Å²) in [6, 6.07) is 7.84. The van der Waals surface area contributed by atoms with Gasteiger partial charge in [-0.25, -0.2) is 0 Å². The standard InChI is InChI=1S/C20H23NO4/c1-12(2)10-24-19(23)16-15-8-9-20(25-15)11-21(18(22)17(16)20)14-6-4-13(3)5-7-14/h4-9,12,15-17H,10-11H2,1-3H3/t15-,16?,17?,20-/m1/s1. The van der Waals surface area contributed by atoms with E-state index in [1.54, 1.807) is 4.90 Å². The number of carbonyl (C=O) groups is 2. The number of anilines is 1. The molecular weight excluding hydrogens is 318 g/mol. The van der Waals surface area contributed by atoms with Crippen molar-refractivity contribution < 1.29 is 19.1 Å². The minimum absolute atomic E-state index is 0.0535. The van der Waals surface area contributed by atoms with Crippen molar-refractivity contribution in [3.8, 4) is 0 Å². The summed E-state index contributed by atoms with van der Waals surface area (Å²) in [5.41, 5.74) is 1.28. The first-order valence-corrected chi connectivity index (χ1v) is 8.83. The number of aryl methyl sites for hydroxylation is 1. The number of hydrogen-bond acceptors (Lipinski definition) is 4. The number of nitrogens with zero attached hydrogens (tertiary/aromatic N) is 1. The molecule has 2 fully saturated rings. The van der Waals surface area contributed by atoms with Gasteiger partial charge in [0.2, 0.25) is 5.91 Å². The molecular formula is C20H23NO4. The van der Waals surface area contributed by atoms with Gasteiger partial charge in [0.15, 0.2) is 0 Å². The van der Waals surface area contributed by atoms with Gasteiger partial charge in [-0.3, -0.25) is 9.59 Å². The largest absolute Gasteiger partial charge is 0.465 e. The zero-order valence-electron chi connectivity index (χ0n) is 14.8. The van der Waals surface area contributed by atoms with Crippen LogP contribution >= 0.6 is 0 Å². The molecule has 1 amide bonds. The van der Waals surface area contributed by atoms with E-state index in [0.29, 0.717) is 13.2 Å². The third-order valence-electron chi connectivity index (χ3n) is 5.28. The second-order valence-electron chi connectivity index (χ2n) is 7.68. The number of ether oxygens (including phenoxy) is 2. The third-order valence-corrected chi connectivity index (χ3v) is 5.28. The van der Waals surface area contributed by atoms with Gasteiger partial charge in [0.25, 0.3) is 0 Å². The van der Waals surface area contributed by atoms with E-state index in [-0.39, 0.29) is 23.9 Å². The van der Waals surface area contributed by atoms with Gasteiger partial charge in [-0.2, -0.15) is 0 Å². The van der Waals surface area contributed by atoms with Gasteiger partial charge in [-0.15, -0.1) is 0 Å². The highest BCUT2D eigenvalue weighted by Gasteiger charge is 2.67. The molecule has 25 heavy (non-hydrogen) atoms. The first kappa shape index (κ1) is 16.3. The molecule has 5 nitrogen and oxygen atoms in total. The lowest BCUT2D eigenvalue weighted by atomic mass is 9.77. The first-order chi connectivity index (χ1) is 11.9. The molecule has 3 aliphatic rings. The minimum atomic E-state index is -0.700. The van der Waals surface area contributed by atoms with E-state index < -0.39 is 17.4 Å². The average molecular weight is 341 g/mol. The topological polar surface area (TPSA) is 55.8 Å². The zero-order valence-corrected chi connectivity index (χ0v) is 14.8. The zero-order chi connectivity index (χ0) is 17.8. The number of esters is 1. The van der Waals surface area contributed by atoms with E-state index in [1.165, 1.54) is 0 Å². The summed E-state index contributed by atoms with van der Waals surface area (Å²) >= 11 is 0. The second-order valence-corrected chi connectivity index (χ2v) is 7.68. The Balaban J connectivity index is 1.61. The highest BCUT2D eigenvalue weighted by molar-refractivity contribution is 6.02. The second kappa shape index (κ2) is 5.70. The van der Waals surface area contributed by atoms with Crippen molar-refractivity contribution in [1.29, 1.82) is 0 Å². The smallest absolute Gasteiger partial charge is 0.312 e. The average Bonchev–Trinajstić information content (AvgIpc) is 3.22. The van der Waals surface area contributed by atoms with Crippen molar-refractivity contribution in [1.82, 2.24) is 0 Å². The van der Waals surface area contributed by atoms with Crippen LogP contribution in [0.15, 0.2) is 36.4 Å². The van der Waals surface area contributed by atoms with Crippen molar-refractivity contribution in [2.24, 2.45) is 17.8 Å². The van der Waals surface area contributed by atoms with Gasteiger partial charge in [0.1, 0.15) is 11.5 Å². The Morgan fingerprint density at radius 3 is 2.76 bits per heavy atom. The van der Waals surface area contributed by atoms with E-state index in [1.807, 2.05) is 57.2 Å². The molecule has 0 N–H and O–H groups in total. The molecule has 2 unspecified atom stereocenters. The van der Waals surface area contributed by atoms with E-state index in [9.17, 15) is 9.59 Å². The van der Waals surface area contributed by atoms with Crippen LogP contribution in [0.1, 0.15) is 19.4 Å². The van der Waals surface area contributed by atoms with Crippen molar-refractivity contribution in [3.63, 3.8) is 0 Å². The molecule has 1 spiro atoms. The Labute approximate surface area is 147 Å². The molecule has 0 aromatic heterocycles. The summed E-state index contributed by atoms with van der Waals surface area (Å²) in [4.78, 5) is 27.5. The van der Waals surface area contributed by atoms with E-state index in [2.05, 4.69) is 0 Å². The summed E-state index contributed by atoms with van der Waals surface area (Å²) in [5, 5.41) is 0. The fourth-order valence-corrected chi connectivity index (χ4v) is 4.06. The predicted octanol–water partition coefficient (Wildman–Crippen LogP) is 2.48. The maximum atomic E-state index is 13.1. The minimum Gasteiger partial charge on any atom is -0.465 e. The Bertz CT molecular complexity index is 739. The van der Waals surface area contributed by atoms with Crippen LogP contribution in [-0.4, -0.2) is 36.7 Å². The van der Waals surface area contributed by atoms with Gasteiger partial charge < -0.3 is 14.4 Å². The van der Waals surface area contributed by atoms with Gasteiger partial charge in [0.05, 0.1) is 25.2 Å². The van der Waals surface area contributed by atoms with Crippen molar-refractivity contribution in [3.05, 3.63) is 42.0 Å². The lowest BCUT2D eigenvalue weighted by Crippen LogP contribution is -2.40. The van der Waals surface area contributed by atoms with Crippen LogP contribution in [0, 0.1) is 24.7 Å². The molecule has 2 saturated heterocycles. The van der Waals surface area contributed by atoms with E-state index in [4.69, 9.17) is 9.47 Å². The fourth-order valence-electron chi connectivity index (χ4n) is 4.06. The monoisotopic (exact) mass is 341 g/mol. The summed E-state index contributed by atoms with van der Waals surface area (Å²) in [6.07, 6.45) is 3.51. The molecule has 1 aromatic rings. The third kappa shape index (κ3) is 2.49. The van der Waals surface area contributed by atoms with Gasteiger partial charge >= 0.3 is 5.97 Å². The van der Waals surface area contributed by atoms with Gasteiger partial charge in [0, 0.05) is 5.69 Å². The van der Waals surface area contributed by atoms with Crippen molar-refractivity contribution >= 4 is 17.6 Å². The van der Waals surface area contributed by atoms with Gasteiger partial charge in [-0.1, -0.05) is 43.7 Å². The molecule has 3 heterocycles. The quantitative estimate of drug-likeness (QED) is 0.624. The van der Waals surface area contributed by atoms with Crippen LogP contribution in [0.4, 0.5) is 5.69 Å². The molecule has 3 aliphatic heterocycles.